The van der Waals surface area contributed by atoms with Gasteiger partial charge in [0, 0.05) is 5.92 Å². The molecule has 0 aromatic rings. The van der Waals surface area contributed by atoms with E-state index in [0.29, 0.717) is 17.8 Å². The first kappa shape index (κ1) is 6.35. The van der Waals surface area contributed by atoms with Gasteiger partial charge in [0.2, 0.25) is 0 Å². The van der Waals surface area contributed by atoms with Gasteiger partial charge in [0.25, 0.3) is 0 Å². The molecule has 10 heavy (non-hydrogen) atoms. The molecule has 2 bridgehead atoms. The number of carbonyl (C=O) groups is 1. The summed E-state index contributed by atoms with van der Waals surface area (Å²) < 4.78 is 0. The lowest BCUT2D eigenvalue weighted by atomic mass is 9.88. The Morgan fingerprint density at radius 2 is 1.80 bits per heavy atom. The van der Waals surface area contributed by atoms with Crippen LogP contribution in [0.15, 0.2) is 0 Å². The molecule has 2 aliphatic rings. The molecule has 2 rings (SSSR count). The van der Waals surface area contributed by atoms with Crippen molar-refractivity contribution >= 4 is 6.29 Å². The van der Waals surface area contributed by atoms with Gasteiger partial charge in [-0.3, -0.25) is 0 Å². The fourth-order valence-corrected chi connectivity index (χ4v) is 2.35. The lowest BCUT2D eigenvalue weighted by molar-refractivity contribution is -0.113. The molecule has 0 amide bonds. The zero-order valence-electron chi connectivity index (χ0n) is 6.05. The van der Waals surface area contributed by atoms with Crippen LogP contribution >= 0.6 is 0 Å². The number of carbonyl (C=O) groups excluding carboxylic acids is 1. The number of aldehydes is 1. The SMILES string of the molecule is O=CC1[C@@H]2CC[C@H]1CNC2. The van der Waals surface area contributed by atoms with E-state index in [1.54, 1.807) is 0 Å². The Morgan fingerprint density at radius 1 is 1.20 bits per heavy atom. The Kier molecular flexibility index (Phi) is 1.49. The molecule has 0 aromatic heterocycles. The average molecular weight is 139 g/mol. The van der Waals surface area contributed by atoms with Crippen LogP contribution in [0.2, 0.25) is 0 Å². The minimum absolute atomic E-state index is 0.390. The van der Waals surface area contributed by atoms with E-state index in [-0.39, 0.29) is 0 Å². The van der Waals surface area contributed by atoms with Crippen LogP contribution in [0.25, 0.3) is 0 Å². The molecule has 2 nitrogen and oxygen atoms in total. The second kappa shape index (κ2) is 2.35. The van der Waals surface area contributed by atoms with Crippen LogP contribution in [-0.4, -0.2) is 19.4 Å². The third-order valence-corrected chi connectivity index (χ3v) is 2.97. The first-order chi connectivity index (χ1) is 4.92. The van der Waals surface area contributed by atoms with Crippen molar-refractivity contribution in [2.75, 3.05) is 13.1 Å². The molecule has 1 saturated carbocycles. The lowest BCUT2D eigenvalue weighted by Crippen LogP contribution is -2.38. The van der Waals surface area contributed by atoms with Crippen LogP contribution in [0.5, 0.6) is 0 Å². The first-order valence-electron chi connectivity index (χ1n) is 4.08. The number of fused-ring (bicyclic) bond motifs is 2. The van der Waals surface area contributed by atoms with E-state index in [2.05, 4.69) is 5.32 Å². The molecule has 1 heterocycles. The summed E-state index contributed by atoms with van der Waals surface area (Å²) in [5.41, 5.74) is 0. The maximum absolute atomic E-state index is 10.6. The summed E-state index contributed by atoms with van der Waals surface area (Å²) >= 11 is 0. The van der Waals surface area contributed by atoms with Crippen molar-refractivity contribution in [3.8, 4) is 0 Å². The number of hydrogen-bond acceptors (Lipinski definition) is 2. The first-order valence-corrected chi connectivity index (χ1v) is 4.08. The van der Waals surface area contributed by atoms with Gasteiger partial charge in [-0.25, -0.2) is 0 Å². The molecular formula is C8H13NO. The molecule has 3 atom stereocenters. The smallest absolute Gasteiger partial charge is 0.123 e. The van der Waals surface area contributed by atoms with Crippen molar-refractivity contribution in [3.63, 3.8) is 0 Å². The Bertz CT molecular complexity index is 130. The molecule has 0 aromatic carbocycles. The number of nitrogens with one attached hydrogen (secondary N) is 1. The molecule has 0 spiro atoms. The monoisotopic (exact) mass is 139 g/mol. The summed E-state index contributed by atoms with van der Waals surface area (Å²) in [5, 5.41) is 3.35. The van der Waals surface area contributed by atoms with Crippen molar-refractivity contribution in [2.24, 2.45) is 17.8 Å². The predicted molar refractivity (Wildman–Crippen MR) is 38.6 cm³/mol. The van der Waals surface area contributed by atoms with Gasteiger partial charge in [-0.2, -0.15) is 0 Å². The molecule has 2 heteroatoms. The van der Waals surface area contributed by atoms with Crippen LogP contribution < -0.4 is 5.32 Å². The molecule has 56 valence electrons. The second-order valence-corrected chi connectivity index (χ2v) is 3.47. The summed E-state index contributed by atoms with van der Waals surface area (Å²) in [7, 11) is 0. The fourth-order valence-electron chi connectivity index (χ4n) is 2.35. The number of rotatable bonds is 1. The van der Waals surface area contributed by atoms with Crippen molar-refractivity contribution in [1.29, 1.82) is 0 Å². The van der Waals surface area contributed by atoms with E-state index in [4.69, 9.17) is 0 Å². The molecular weight excluding hydrogens is 126 g/mol. The highest BCUT2D eigenvalue weighted by molar-refractivity contribution is 5.55. The third-order valence-electron chi connectivity index (χ3n) is 2.97. The van der Waals surface area contributed by atoms with Gasteiger partial charge in [0.05, 0.1) is 0 Å². The summed E-state index contributed by atoms with van der Waals surface area (Å²) in [6.45, 7) is 2.14. The van der Waals surface area contributed by atoms with E-state index in [1.165, 1.54) is 19.1 Å². The van der Waals surface area contributed by atoms with Crippen LogP contribution in [-0.2, 0) is 4.79 Å². The maximum Gasteiger partial charge on any atom is 0.123 e. The summed E-state index contributed by atoms with van der Waals surface area (Å²) in [4.78, 5) is 10.6. The number of hydrogen-bond donors (Lipinski definition) is 1. The third kappa shape index (κ3) is 0.788. The van der Waals surface area contributed by atoms with E-state index in [9.17, 15) is 4.79 Å². The van der Waals surface area contributed by atoms with Gasteiger partial charge in [0.1, 0.15) is 6.29 Å². The van der Waals surface area contributed by atoms with Gasteiger partial charge in [-0.05, 0) is 37.8 Å². The van der Waals surface area contributed by atoms with Gasteiger partial charge in [-0.15, -0.1) is 0 Å². The van der Waals surface area contributed by atoms with Crippen LogP contribution in [0.4, 0.5) is 0 Å². The largest absolute Gasteiger partial charge is 0.316 e. The zero-order chi connectivity index (χ0) is 6.97. The molecule has 2 fully saturated rings. The maximum atomic E-state index is 10.6. The molecule has 1 aliphatic heterocycles. The Labute approximate surface area is 61.0 Å². The molecule has 1 saturated heterocycles. The molecule has 0 radical (unpaired) electrons. The topological polar surface area (TPSA) is 29.1 Å². The van der Waals surface area contributed by atoms with Crippen molar-refractivity contribution in [1.82, 2.24) is 5.32 Å². The fraction of sp³-hybridized carbons (Fsp3) is 0.875. The predicted octanol–water partition coefficient (Wildman–Crippen LogP) is 0.431. The van der Waals surface area contributed by atoms with Gasteiger partial charge in [-0.1, -0.05) is 0 Å². The Morgan fingerprint density at radius 3 is 2.20 bits per heavy atom. The Balaban J connectivity index is 2.13. The highest BCUT2D eigenvalue weighted by Gasteiger charge is 2.38. The van der Waals surface area contributed by atoms with Crippen LogP contribution in [0.1, 0.15) is 12.8 Å². The van der Waals surface area contributed by atoms with E-state index in [1.807, 2.05) is 0 Å². The summed E-state index contributed by atoms with van der Waals surface area (Å²) in [5.74, 6) is 1.72. The highest BCUT2D eigenvalue weighted by Crippen LogP contribution is 2.37. The summed E-state index contributed by atoms with van der Waals surface area (Å²) in [6, 6.07) is 0. The van der Waals surface area contributed by atoms with E-state index in [0.717, 1.165) is 13.1 Å². The zero-order valence-corrected chi connectivity index (χ0v) is 6.05. The van der Waals surface area contributed by atoms with Crippen molar-refractivity contribution < 1.29 is 4.79 Å². The summed E-state index contributed by atoms with van der Waals surface area (Å²) in [6.07, 6.45) is 3.70. The van der Waals surface area contributed by atoms with Gasteiger partial charge < -0.3 is 10.1 Å². The van der Waals surface area contributed by atoms with E-state index >= 15 is 0 Å². The Hall–Kier alpha value is -0.370. The number of piperidine rings is 1. The molecule has 1 unspecified atom stereocenters. The quantitative estimate of drug-likeness (QED) is 0.534. The van der Waals surface area contributed by atoms with Gasteiger partial charge in [0.15, 0.2) is 0 Å². The lowest BCUT2D eigenvalue weighted by Gasteiger charge is -2.25. The minimum Gasteiger partial charge on any atom is -0.316 e. The van der Waals surface area contributed by atoms with Crippen molar-refractivity contribution in [2.45, 2.75) is 12.8 Å². The van der Waals surface area contributed by atoms with E-state index < -0.39 is 0 Å². The molecule has 1 N–H and O–H groups in total. The van der Waals surface area contributed by atoms with Crippen molar-refractivity contribution in [3.05, 3.63) is 0 Å². The normalized spacial score (nSPS) is 45.4. The highest BCUT2D eigenvalue weighted by atomic mass is 16.1. The average Bonchev–Trinajstić information content (AvgIpc) is 2.19. The van der Waals surface area contributed by atoms with Crippen LogP contribution in [0.3, 0.4) is 0 Å². The molecule has 1 aliphatic carbocycles. The van der Waals surface area contributed by atoms with Gasteiger partial charge >= 0.3 is 0 Å². The second-order valence-electron chi connectivity index (χ2n) is 3.47. The minimum atomic E-state index is 0.390. The van der Waals surface area contributed by atoms with Crippen LogP contribution in [0, 0.1) is 17.8 Å². The standard InChI is InChI=1S/C8H13NO/c10-5-8-6-1-2-7(8)4-9-3-6/h5-9H,1-4H2/t6-,7+,8?.